The van der Waals surface area contributed by atoms with Gasteiger partial charge in [0, 0.05) is 49.6 Å². The van der Waals surface area contributed by atoms with Gasteiger partial charge in [0.15, 0.2) is 0 Å². The van der Waals surface area contributed by atoms with E-state index < -0.39 is 53.1 Å². The lowest BCUT2D eigenvalue weighted by Gasteiger charge is -2.37. The number of aromatic amines is 2. The monoisotopic (exact) mass is 947 g/mol. The van der Waals surface area contributed by atoms with Crippen LogP contribution in [0.1, 0.15) is 145 Å². The van der Waals surface area contributed by atoms with Crippen molar-refractivity contribution in [2.75, 3.05) is 31.1 Å². The summed E-state index contributed by atoms with van der Waals surface area (Å²) in [6.45, 7) is 12.3. The predicted molar refractivity (Wildman–Crippen MR) is 256 cm³/mol. The van der Waals surface area contributed by atoms with Crippen LogP contribution >= 0.6 is 0 Å². The molecule has 3 saturated heterocycles. The van der Waals surface area contributed by atoms with Gasteiger partial charge in [0.2, 0.25) is 0 Å². The third-order valence-electron chi connectivity index (χ3n) is 12.8. The highest BCUT2D eigenvalue weighted by Crippen LogP contribution is 2.39. The molecule has 3 aromatic carbocycles. The van der Waals surface area contributed by atoms with Crippen molar-refractivity contribution in [3.05, 3.63) is 125 Å². The molecule has 69 heavy (non-hydrogen) atoms. The zero-order valence-electron chi connectivity index (χ0n) is 40.2. The average Bonchev–Trinajstić information content (AvgIpc) is 4.12. The quantitative estimate of drug-likeness (QED) is 0.100. The largest absolute Gasteiger partial charge is 0.444 e. The molecule has 4 N–H and O–H groups in total. The van der Waals surface area contributed by atoms with Crippen molar-refractivity contribution in [1.82, 2.24) is 40.4 Å². The van der Waals surface area contributed by atoms with Gasteiger partial charge in [0.05, 0.1) is 24.0 Å². The van der Waals surface area contributed by atoms with E-state index in [0.29, 0.717) is 86.8 Å². The van der Waals surface area contributed by atoms with Gasteiger partial charge in [-0.2, -0.15) is 0 Å². The molecular weight excluding hydrogens is 885 g/mol. The number of carbonyl (C=O) groups excluding carboxylic acids is 4. The molecule has 3 aliphatic rings. The van der Waals surface area contributed by atoms with Crippen molar-refractivity contribution in [1.29, 1.82) is 0 Å². The summed E-state index contributed by atoms with van der Waals surface area (Å²) in [5.74, 6) is -0.776. The number of benzene rings is 3. The zero-order chi connectivity index (χ0) is 49.0. The van der Waals surface area contributed by atoms with Crippen molar-refractivity contribution in [3.63, 3.8) is 0 Å². The summed E-state index contributed by atoms with van der Waals surface area (Å²) < 4.78 is 43.1. The number of ether oxygens (including phenoxy) is 2. The smallest absolute Gasteiger partial charge is 0.408 e. The average molecular weight is 948 g/mol. The number of hydrogen-bond acceptors (Lipinski definition) is 9. The third kappa shape index (κ3) is 11.6. The van der Waals surface area contributed by atoms with Gasteiger partial charge in [-0.05, 0) is 110 Å². The van der Waals surface area contributed by atoms with Crippen molar-refractivity contribution in [2.24, 2.45) is 0 Å². The van der Waals surface area contributed by atoms with E-state index in [1.165, 1.54) is 18.3 Å². The van der Waals surface area contributed by atoms with E-state index >= 15 is 8.78 Å². The SMILES string of the molecule is CC(C)(C)OC(=O)NC(C(=O)N1CCCC1c1ncc(-c2cc(F)c(N3CCC(c4cnc(C5CCCCN5C(=O)C(NC(=O)OC(C)(C)C)c5ccccc5)[nH]4)CC3)c(F)c2)[nH]1)c1ccccc1. The number of anilines is 1. The maximum absolute atomic E-state index is 16.1. The van der Waals surface area contributed by atoms with Crippen LogP contribution in [0.4, 0.5) is 24.1 Å². The number of rotatable bonds is 11. The van der Waals surface area contributed by atoms with Gasteiger partial charge in [0.25, 0.3) is 11.8 Å². The molecule has 15 nitrogen and oxygen atoms in total. The first kappa shape index (κ1) is 48.7. The maximum Gasteiger partial charge on any atom is 0.408 e. The highest BCUT2D eigenvalue weighted by molar-refractivity contribution is 5.88. The second-order valence-corrected chi connectivity index (χ2v) is 20.2. The molecule has 0 bridgehead atoms. The molecule has 3 aliphatic heterocycles. The minimum Gasteiger partial charge on any atom is -0.444 e. The van der Waals surface area contributed by atoms with Crippen LogP contribution in [0.15, 0.2) is 85.2 Å². The van der Waals surface area contributed by atoms with Gasteiger partial charge >= 0.3 is 12.2 Å². The Balaban J connectivity index is 0.917. The molecule has 5 aromatic rings. The molecule has 0 saturated carbocycles. The van der Waals surface area contributed by atoms with Crippen molar-refractivity contribution in [3.8, 4) is 11.3 Å². The molecule has 4 unspecified atom stereocenters. The predicted octanol–water partition coefficient (Wildman–Crippen LogP) is 9.71. The summed E-state index contributed by atoms with van der Waals surface area (Å²) in [6.07, 6.45) is 6.88. The van der Waals surface area contributed by atoms with Crippen LogP contribution in [0.25, 0.3) is 11.3 Å². The molecule has 2 aromatic heterocycles. The van der Waals surface area contributed by atoms with Gasteiger partial charge in [-0.3, -0.25) is 9.59 Å². The summed E-state index contributed by atoms with van der Waals surface area (Å²) in [5.41, 5.74) is 1.24. The second-order valence-electron chi connectivity index (χ2n) is 20.2. The number of aromatic nitrogens is 4. The lowest BCUT2D eigenvalue weighted by atomic mass is 9.93. The zero-order valence-corrected chi connectivity index (χ0v) is 40.2. The Labute approximate surface area is 401 Å². The summed E-state index contributed by atoms with van der Waals surface area (Å²) in [7, 11) is 0. The highest BCUT2D eigenvalue weighted by atomic mass is 19.1. The van der Waals surface area contributed by atoms with E-state index in [1.807, 2.05) is 36.4 Å². The van der Waals surface area contributed by atoms with Gasteiger partial charge in [-0.25, -0.2) is 28.3 Å². The van der Waals surface area contributed by atoms with E-state index in [4.69, 9.17) is 14.5 Å². The third-order valence-corrected chi connectivity index (χ3v) is 12.8. The van der Waals surface area contributed by atoms with Crippen molar-refractivity contribution in [2.45, 2.75) is 128 Å². The number of nitrogens with zero attached hydrogens (tertiary/aromatic N) is 5. The standard InChI is InChI=1S/C52H63F2N9O6/c1-51(2,3)68-49(66)59-42(33-16-9-7-10-17-33)47(64)62-24-14-13-20-40(62)45-55-30-38(57-45)32-22-26-61(27-23-32)44-36(53)28-35(29-37(44)54)39-31-56-46(58-39)41-21-15-25-63(41)48(65)43(34-18-11-8-12-19-34)60-50(67)69-52(4,5)6/h7-12,16-19,28-32,40-43H,13-15,20-27H2,1-6H3,(H,55,57)(H,56,58)(H,59,66)(H,60,67). The van der Waals surface area contributed by atoms with E-state index in [1.54, 1.807) is 86.7 Å². The van der Waals surface area contributed by atoms with Crippen LogP contribution in [-0.4, -0.2) is 91.1 Å². The topological polar surface area (TPSA) is 178 Å². The number of nitrogens with one attached hydrogen (secondary N) is 4. The summed E-state index contributed by atoms with van der Waals surface area (Å²) in [5, 5.41) is 5.57. The Morgan fingerprint density at radius 2 is 1.12 bits per heavy atom. The van der Waals surface area contributed by atoms with Crippen LogP contribution in [0.2, 0.25) is 0 Å². The number of halogens is 2. The number of piperidine rings is 2. The normalized spacial score (nSPS) is 18.9. The van der Waals surface area contributed by atoms with Crippen molar-refractivity contribution >= 4 is 29.7 Å². The Morgan fingerprint density at radius 1 is 0.638 bits per heavy atom. The molecule has 366 valence electrons. The van der Waals surface area contributed by atoms with Crippen LogP contribution in [0.3, 0.4) is 0 Å². The van der Waals surface area contributed by atoms with Crippen LogP contribution in [0, 0.1) is 11.6 Å². The minimum atomic E-state index is -1.00. The first-order chi connectivity index (χ1) is 32.9. The number of H-pyrrole nitrogens is 2. The number of alkyl carbamates (subject to hydrolysis) is 2. The number of carbonyl (C=O) groups is 4. The number of likely N-dealkylation sites (tertiary alicyclic amines) is 2. The van der Waals surface area contributed by atoms with Gasteiger partial charge in [0.1, 0.15) is 52.3 Å². The number of hydrogen-bond donors (Lipinski definition) is 4. The first-order valence-electron chi connectivity index (χ1n) is 24.0. The number of amides is 4. The molecule has 4 amide bonds. The Bertz CT molecular complexity index is 2580. The minimum absolute atomic E-state index is 0.0491. The van der Waals surface area contributed by atoms with E-state index in [-0.39, 0.29) is 35.0 Å². The number of imidazole rings is 2. The van der Waals surface area contributed by atoms with Gasteiger partial charge in [-0.15, -0.1) is 0 Å². The van der Waals surface area contributed by atoms with Crippen LogP contribution < -0.4 is 15.5 Å². The molecule has 8 rings (SSSR count). The van der Waals surface area contributed by atoms with E-state index in [2.05, 4.69) is 25.6 Å². The Morgan fingerprint density at radius 3 is 1.64 bits per heavy atom. The molecule has 5 heterocycles. The first-order valence-corrected chi connectivity index (χ1v) is 24.0. The molecule has 17 heteroatoms. The molecule has 3 fully saturated rings. The molecule has 0 radical (unpaired) electrons. The fourth-order valence-corrected chi connectivity index (χ4v) is 9.66. The maximum atomic E-state index is 16.1. The summed E-state index contributed by atoms with van der Waals surface area (Å²) >= 11 is 0. The van der Waals surface area contributed by atoms with Crippen LogP contribution in [0.5, 0.6) is 0 Å². The fraction of sp³-hybridized carbons (Fsp3) is 0.462. The Kier molecular flexibility index (Phi) is 14.4. The summed E-state index contributed by atoms with van der Waals surface area (Å²) in [6, 6.07) is 18.0. The van der Waals surface area contributed by atoms with Crippen LogP contribution in [-0.2, 0) is 19.1 Å². The lowest BCUT2D eigenvalue weighted by Crippen LogP contribution is -2.47. The van der Waals surface area contributed by atoms with Gasteiger partial charge < -0.3 is 44.8 Å². The molecule has 0 aliphatic carbocycles. The summed E-state index contributed by atoms with van der Waals surface area (Å²) in [4.78, 5) is 75.7. The van der Waals surface area contributed by atoms with E-state index in [9.17, 15) is 19.2 Å². The van der Waals surface area contributed by atoms with Crippen molar-refractivity contribution < 1.29 is 37.4 Å². The van der Waals surface area contributed by atoms with E-state index in [0.717, 1.165) is 18.5 Å². The molecule has 0 spiro atoms. The second kappa shape index (κ2) is 20.4. The fourth-order valence-electron chi connectivity index (χ4n) is 9.66. The molecule has 4 atom stereocenters. The highest BCUT2D eigenvalue weighted by Gasteiger charge is 2.39. The van der Waals surface area contributed by atoms with Gasteiger partial charge in [-0.1, -0.05) is 60.7 Å². The Hall–Kier alpha value is -6.78. The lowest BCUT2D eigenvalue weighted by molar-refractivity contribution is -0.138. The molecular formula is C52H63F2N9O6.